The molecule has 0 bridgehead atoms. The molecule has 2 aromatic carbocycles. The third-order valence-electron chi connectivity index (χ3n) is 5.94. The van der Waals surface area contributed by atoms with Gasteiger partial charge in [-0.3, -0.25) is 4.79 Å². The van der Waals surface area contributed by atoms with Gasteiger partial charge in [-0.2, -0.15) is 18.1 Å². The molecule has 2 aliphatic rings. The first-order chi connectivity index (χ1) is 17.3. The highest BCUT2D eigenvalue weighted by Gasteiger charge is 2.34. The molecule has 36 heavy (non-hydrogen) atoms. The molecule has 2 aromatic rings. The lowest BCUT2D eigenvalue weighted by molar-refractivity contribution is -0.215. The van der Waals surface area contributed by atoms with Gasteiger partial charge in [-0.15, -0.1) is 0 Å². The van der Waals surface area contributed by atoms with Crippen LogP contribution in [-0.2, 0) is 31.8 Å². The first-order valence-corrected chi connectivity index (χ1v) is 12.5. The number of ether oxygens (including phenoxy) is 1. The highest BCUT2D eigenvalue weighted by molar-refractivity contribution is 7.99. The molecule has 0 radical (unpaired) electrons. The van der Waals surface area contributed by atoms with Gasteiger partial charge >= 0.3 is 12.1 Å². The van der Waals surface area contributed by atoms with Gasteiger partial charge in [0.25, 0.3) is 0 Å². The van der Waals surface area contributed by atoms with E-state index in [9.17, 15) is 22.8 Å². The second kappa shape index (κ2) is 11.4. The number of hydrogen-bond donors (Lipinski definition) is 0. The standard InChI is InChI=1S/C26H26F3NO5S/c1-2-33-25(32)21-5-3-4-13-30(21)24(31)11-7-17-6-10-23(20(15-17)26(27,28)29)36-19-8-9-22-18(16-19)12-14-34-35-22/h6-11,15-16,21H,2-5,12-14H2,1H3. The zero-order valence-electron chi connectivity index (χ0n) is 19.7. The summed E-state index contributed by atoms with van der Waals surface area (Å²) in [6.07, 6.45) is 0.650. The van der Waals surface area contributed by atoms with E-state index in [2.05, 4.69) is 0 Å². The van der Waals surface area contributed by atoms with Crippen molar-refractivity contribution < 1.29 is 37.3 Å². The third kappa shape index (κ3) is 6.22. The molecule has 6 nitrogen and oxygen atoms in total. The summed E-state index contributed by atoms with van der Waals surface area (Å²) in [5.41, 5.74) is 0.319. The van der Waals surface area contributed by atoms with Crippen molar-refractivity contribution in [2.24, 2.45) is 0 Å². The molecule has 2 aliphatic heterocycles. The number of esters is 1. The number of alkyl halides is 3. The highest BCUT2D eigenvalue weighted by atomic mass is 32.2. The normalized spacial score (nSPS) is 18.0. The summed E-state index contributed by atoms with van der Waals surface area (Å²) in [5.74, 6) is -0.327. The molecule has 2 heterocycles. The maximum atomic E-state index is 13.9. The van der Waals surface area contributed by atoms with E-state index >= 15 is 0 Å². The number of carbonyl (C=O) groups is 2. The fourth-order valence-corrected chi connectivity index (χ4v) is 5.20. The second-order valence-electron chi connectivity index (χ2n) is 8.41. The van der Waals surface area contributed by atoms with E-state index in [0.717, 1.165) is 36.2 Å². The van der Waals surface area contributed by atoms with Crippen molar-refractivity contribution in [2.75, 3.05) is 19.8 Å². The van der Waals surface area contributed by atoms with E-state index in [1.165, 1.54) is 29.2 Å². The van der Waals surface area contributed by atoms with E-state index in [-0.39, 0.29) is 17.1 Å². The summed E-state index contributed by atoms with van der Waals surface area (Å²) in [6, 6.07) is 8.46. The Labute approximate surface area is 211 Å². The van der Waals surface area contributed by atoms with Crippen LogP contribution in [0.25, 0.3) is 6.08 Å². The van der Waals surface area contributed by atoms with E-state index in [4.69, 9.17) is 14.5 Å². The summed E-state index contributed by atoms with van der Waals surface area (Å²) in [5, 5.41) is 0. The first-order valence-electron chi connectivity index (χ1n) is 11.7. The van der Waals surface area contributed by atoms with Crippen molar-refractivity contribution in [1.82, 2.24) is 4.90 Å². The van der Waals surface area contributed by atoms with Gasteiger partial charge in [-0.1, -0.05) is 17.8 Å². The molecular weight excluding hydrogens is 495 g/mol. The average molecular weight is 522 g/mol. The van der Waals surface area contributed by atoms with Crippen LogP contribution in [0.15, 0.2) is 52.3 Å². The van der Waals surface area contributed by atoms with Gasteiger partial charge in [0, 0.05) is 34.4 Å². The molecule has 1 fully saturated rings. The lowest BCUT2D eigenvalue weighted by atomic mass is 10.0. The Balaban J connectivity index is 1.53. The minimum Gasteiger partial charge on any atom is -0.464 e. The van der Waals surface area contributed by atoms with E-state index < -0.39 is 29.7 Å². The van der Waals surface area contributed by atoms with Gasteiger partial charge in [0.05, 0.1) is 18.8 Å². The van der Waals surface area contributed by atoms with Crippen LogP contribution in [0.2, 0.25) is 0 Å². The van der Waals surface area contributed by atoms with Crippen LogP contribution in [0.4, 0.5) is 13.2 Å². The molecular formula is C26H26F3NO5S. The van der Waals surface area contributed by atoms with Crippen molar-refractivity contribution in [2.45, 2.75) is 54.6 Å². The number of carbonyl (C=O) groups excluding carboxylic acids is 2. The highest BCUT2D eigenvalue weighted by Crippen LogP contribution is 2.41. The molecule has 1 saturated heterocycles. The minimum atomic E-state index is -4.58. The van der Waals surface area contributed by atoms with Crippen LogP contribution >= 0.6 is 11.8 Å². The summed E-state index contributed by atoms with van der Waals surface area (Å²) in [7, 11) is 0. The summed E-state index contributed by atoms with van der Waals surface area (Å²) in [4.78, 5) is 37.2. The quantitative estimate of drug-likeness (QED) is 0.277. The Bertz CT molecular complexity index is 1150. The fraction of sp³-hybridized carbons (Fsp3) is 0.385. The van der Waals surface area contributed by atoms with Crippen molar-refractivity contribution in [3.63, 3.8) is 0 Å². The van der Waals surface area contributed by atoms with Gasteiger partial charge in [-0.25, -0.2) is 4.79 Å². The molecule has 0 N–H and O–H groups in total. The Morgan fingerprint density at radius 2 is 2.03 bits per heavy atom. The fourth-order valence-electron chi connectivity index (χ4n) is 4.18. The molecule has 0 aliphatic carbocycles. The van der Waals surface area contributed by atoms with E-state index in [1.54, 1.807) is 25.1 Å². The van der Waals surface area contributed by atoms with Crippen molar-refractivity contribution >= 4 is 29.7 Å². The maximum absolute atomic E-state index is 13.9. The Morgan fingerprint density at radius 3 is 2.81 bits per heavy atom. The second-order valence-corrected chi connectivity index (χ2v) is 9.52. The molecule has 0 aromatic heterocycles. The third-order valence-corrected chi connectivity index (χ3v) is 7.00. The average Bonchev–Trinajstić information content (AvgIpc) is 2.87. The number of likely N-dealkylation sites (tertiary alicyclic amines) is 1. The maximum Gasteiger partial charge on any atom is 0.417 e. The van der Waals surface area contributed by atoms with Crippen LogP contribution in [0, 0.1) is 0 Å². The SMILES string of the molecule is CCOC(=O)C1CCCCN1C(=O)C=Cc1ccc(Sc2ccc3c(c2)CCOO3)c(C(F)(F)F)c1. The molecule has 10 heteroatoms. The molecule has 192 valence electrons. The predicted molar refractivity (Wildman–Crippen MR) is 127 cm³/mol. The van der Waals surface area contributed by atoms with Crippen molar-refractivity contribution in [3.05, 3.63) is 59.2 Å². The number of amides is 1. The van der Waals surface area contributed by atoms with Crippen LogP contribution in [-0.4, -0.2) is 42.6 Å². The van der Waals surface area contributed by atoms with E-state index in [0.29, 0.717) is 36.6 Å². The van der Waals surface area contributed by atoms with Gasteiger partial charge in [0.15, 0.2) is 5.75 Å². The lowest BCUT2D eigenvalue weighted by Crippen LogP contribution is -2.48. The first kappa shape index (κ1) is 26.1. The Morgan fingerprint density at radius 1 is 1.19 bits per heavy atom. The van der Waals surface area contributed by atoms with Crippen LogP contribution in [0.3, 0.4) is 0 Å². The topological polar surface area (TPSA) is 65.1 Å². The molecule has 1 atom stereocenters. The van der Waals surface area contributed by atoms with Gasteiger partial charge in [0.1, 0.15) is 6.04 Å². The van der Waals surface area contributed by atoms with Gasteiger partial charge < -0.3 is 14.5 Å². The van der Waals surface area contributed by atoms with Crippen LogP contribution in [0.1, 0.15) is 42.9 Å². The van der Waals surface area contributed by atoms with Crippen molar-refractivity contribution in [1.29, 1.82) is 0 Å². The molecule has 0 spiro atoms. The van der Waals surface area contributed by atoms with Crippen LogP contribution < -0.4 is 4.89 Å². The predicted octanol–water partition coefficient (Wildman–Crippen LogP) is 5.68. The number of rotatable bonds is 6. The molecule has 4 rings (SSSR count). The van der Waals surface area contributed by atoms with Gasteiger partial charge in [-0.05, 0) is 68.2 Å². The Kier molecular flexibility index (Phi) is 8.25. The van der Waals surface area contributed by atoms with Gasteiger partial charge in [0.2, 0.25) is 5.91 Å². The Hall–Kier alpha value is -2.98. The smallest absolute Gasteiger partial charge is 0.417 e. The van der Waals surface area contributed by atoms with Crippen LogP contribution in [0.5, 0.6) is 5.75 Å². The zero-order chi connectivity index (χ0) is 25.7. The molecule has 1 amide bonds. The number of piperidine rings is 1. The number of hydrogen-bond acceptors (Lipinski definition) is 6. The lowest BCUT2D eigenvalue weighted by Gasteiger charge is -2.33. The van der Waals surface area contributed by atoms with E-state index in [1.807, 2.05) is 0 Å². The molecule has 0 saturated carbocycles. The summed E-state index contributed by atoms with van der Waals surface area (Å²) in [6.45, 7) is 2.69. The van der Waals surface area contributed by atoms with Crippen molar-refractivity contribution in [3.8, 4) is 5.75 Å². The number of fused-ring (bicyclic) bond motifs is 1. The number of halogens is 3. The zero-order valence-corrected chi connectivity index (χ0v) is 20.5. The number of nitrogens with zero attached hydrogens (tertiary/aromatic N) is 1. The minimum absolute atomic E-state index is 0.0531. The summed E-state index contributed by atoms with van der Waals surface area (Å²) < 4.78 is 46.8. The molecule has 1 unspecified atom stereocenters. The monoisotopic (exact) mass is 521 g/mol. The largest absolute Gasteiger partial charge is 0.464 e. The summed E-state index contributed by atoms with van der Waals surface area (Å²) >= 11 is 1.01. The number of benzene rings is 2.